The van der Waals surface area contributed by atoms with E-state index in [-0.39, 0.29) is 0 Å². The molecule has 34 heavy (non-hydrogen) atoms. The molecule has 0 bridgehead atoms. The fraction of sp³-hybridized carbons (Fsp3) is 0.893. The van der Waals surface area contributed by atoms with Gasteiger partial charge in [-0.1, -0.05) is 52.7 Å². The molecular formula is C28H48O6. The maximum Gasteiger partial charge on any atom is 0.303 e. The van der Waals surface area contributed by atoms with E-state index >= 15 is 0 Å². The normalized spacial score (nSPS) is 40.9. The molecule has 2 N–H and O–H groups in total. The van der Waals surface area contributed by atoms with E-state index in [4.69, 9.17) is 14.2 Å². The second kappa shape index (κ2) is 11.0. The first kappa shape index (κ1) is 27.6. The predicted molar refractivity (Wildman–Crippen MR) is 132 cm³/mol. The molecule has 6 nitrogen and oxygen atoms in total. The molecule has 3 aliphatic rings. The van der Waals surface area contributed by atoms with Crippen molar-refractivity contribution in [1.82, 2.24) is 0 Å². The van der Waals surface area contributed by atoms with Crippen LogP contribution in [-0.4, -0.2) is 53.5 Å². The van der Waals surface area contributed by atoms with Crippen molar-refractivity contribution in [2.24, 2.45) is 28.6 Å². The van der Waals surface area contributed by atoms with E-state index in [1.165, 1.54) is 44.6 Å². The molecule has 0 amide bonds. The average molecular weight is 481 g/mol. The second-order valence-electron chi connectivity index (χ2n) is 12.3. The predicted octanol–water partition coefficient (Wildman–Crippen LogP) is 5.01. The maximum absolute atomic E-state index is 11.4. The third-order valence-corrected chi connectivity index (χ3v) is 9.24. The van der Waals surface area contributed by atoms with Crippen molar-refractivity contribution in [3.05, 3.63) is 12.2 Å². The SMILES string of the molecule is C=C1CCC2C(C)(C)CCCC2(C)C1CCC(C)CCOC1OC(C)C(O)C(OC(C)=O)C1O. The smallest absolute Gasteiger partial charge is 0.303 e. The average Bonchev–Trinajstić information content (AvgIpc) is 2.73. The minimum absolute atomic E-state index is 0.357. The Labute approximate surface area is 206 Å². The van der Waals surface area contributed by atoms with Crippen LogP contribution in [-0.2, 0) is 19.0 Å². The van der Waals surface area contributed by atoms with Crippen molar-refractivity contribution < 1.29 is 29.2 Å². The van der Waals surface area contributed by atoms with Crippen LogP contribution in [0.3, 0.4) is 0 Å². The van der Waals surface area contributed by atoms with Crippen molar-refractivity contribution in [3.63, 3.8) is 0 Å². The Morgan fingerprint density at radius 3 is 2.59 bits per heavy atom. The highest BCUT2D eigenvalue weighted by molar-refractivity contribution is 5.66. The van der Waals surface area contributed by atoms with Crippen molar-refractivity contribution in [2.75, 3.05) is 6.61 Å². The van der Waals surface area contributed by atoms with Gasteiger partial charge >= 0.3 is 5.97 Å². The van der Waals surface area contributed by atoms with Crippen LogP contribution in [0.25, 0.3) is 0 Å². The molecule has 0 radical (unpaired) electrons. The van der Waals surface area contributed by atoms with E-state index in [0.717, 1.165) is 25.2 Å². The van der Waals surface area contributed by atoms with Gasteiger partial charge in [0, 0.05) is 6.92 Å². The number of esters is 1. The lowest BCUT2D eigenvalue weighted by molar-refractivity contribution is -0.296. The number of allylic oxidation sites excluding steroid dienone is 1. The number of hydrogen-bond donors (Lipinski definition) is 2. The first-order chi connectivity index (χ1) is 15.9. The highest BCUT2D eigenvalue weighted by Crippen LogP contribution is 2.61. The molecule has 1 saturated heterocycles. The lowest BCUT2D eigenvalue weighted by atomic mass is 9.47. The van der Waals surface area contributed by atoms with Gasteiger partial charge in [-0.15, -0.1) is 0 Å². The van der Waals surface area contributed by atoms with Gasteiger partial charge in [-0.05, 0) is 74.0 Å². The van der Waals surface area contributed by atoms with Crippen molar-refractivity contribution in [1.29, 1.82) is 0 Å². The van der Waals surface area contributed by atoms with Gasteiger partial charge in [-0.25, -0.2) is 0 Å². The van der Waals surface area contributed by atoms with E-state index in [1.807, 2.05) is 0 Å². The molecule has 0 spiro atoms. The third kappa shape index (κ3) is 5.88. The number of rotatable bonds is 8. The number of carbonyl (C=O) groups is 1. The molecule has 0 aromatic rings. The van der Waals surface area contributed by atoms with Crippen molar-refractivity contribution >= 4 is 5.97 Å². The first-order valence-corrected chi connectivity index (χ1v) is 13.3. The molecule has 9 atom stereocenters. The van der Waals surface area contributed by atoms with Crippen molar-refractivity contribution in [2.45, 2.75) is 124 Å². The Morgan fingerprint density at radius 2 is 1.91 bits per heavy atom. The molecule has 196 valence electrons. The van der Waals surface area contributed by atoms with Crippen molar-refractivity contribution in [3.8, 4) is 0 Å². The van der Waals surface area contributed by atoms with E-state index in [0.29, 0.717) is 29.3 Å². The van der Waals surface area contributed by atoms with Crippen LogP contribution in [0.15, 0.2) is 12.2 Å². The van der Waals surface area contributed by atoms with E-state index in [9.17, 15) is 15.0 Å². The minimum Gasteiger partial charge on any atom is -0.457 e. The van der Waals surface area contributed by atoms with Gasteiger partial charge in [0.2, 0.25) is 0 Å². The molecule has 2 saturated carbocycles. The molecular weight excluding hydrogens is 432 g/mol. The number of hydrogen-bond acceptors (Lipinski definition) is 6. The van der Waals surface area contributed by atoms with Crippen LogP contribution in [0.5, 0.6) is 0 Å². The fourth-order valence-corrected chi connectivity index (χ4v) is 7.25. The van der Waals surface area contributed by atoms with Gasteiger partial charge in [0.1, 0.15) is 12.2 Å². The molecule has 0 aromatic heterocycles. The highest BCUT2D eigenvalue weighted by atomic mass is 16.7. The molecule has 1 heterocycles. The standard InChI is InChI=1S/C28H48O6/c1-17(13-16-32-26-24(31)25(34-20(4)29)23(30)19(3)33-26)9-11-21-18(2)10-12-22-27(5,6)14-8-15-28(21,22)7/h17,19,21-26,30-31H,2,8-16H2,1,3-7H3. The Kier molecular flexibility index (Phi) is 8.92. The minimum atomic E-state index is -1.22. The van der Waals surface area contributed by atoms with Crippen LogP contribution in [0, 0.1) is 28.6 Å². The zero-order chi connectivity index (χ0) is 25.3. The summed E-state index contributed by atoms with van der Waals surface area (Å²) in [5.74, 6) is 1.28. The molecule has 6 heteroatoms. The number of fused-ring (bicyclic) bond motifs is 1. The van der Waals surface area contributed by atoms with Gasteiger partial charge in [0.05, 0.1) is 12.7 Å². The number of ether oxygens (including phenoxy) is 3. The fourth-order valence-electron chi connectivity index (χ4n) is 7.25. The molecule has 1 aliphatic heterocycles. The van der Waals surface area contributed by atoms with Crippen LogP contribution >= 0.6 is 0 Å². The Morgan fingerprint density at radius 1 is 1.21 bits per heavy atom. The van der Waals surface area contributed by atoms with Gasteiger partial charge in [-0.2, -0.15) is 0 Å². The Hall–Kier alpha value is -0.950. The van der Waals surface area contributed by atoms with Crippen LogP contribution < -0.4 is 0 Å². The molecule has 0 aromatic carbocycles. The maximum atomic E-state index is 11.4. The summed E-state index contributed by atoms with van der Waals surface area (Å²) in [5.41, 5.74) is 2.22. The highest BCUT2D eigenvalue weighted by Gasteiger charge is 2.52. The summed E-state index contributed by atoms with van der Waals surface area (Å²) >= 11 is 0. The lowest BCUT2D eigenvalue weighted by Crippen LogP contribution is -2.58. The van der Waals surface area contributed by atoms with Crippen LogP contribution in [0.4, 0.5) is 0 Å². The zero-order valence-electron chi connectivity index (χ0n) is 22.2. The number of aliphatic hydroxyl groups excluding tert-OH is 2. The van der Waals surface area contributed by atoms with Gasteiger partial charge in [0.15, 0.2) is 12.4 Å². The lowest BCUT2D eigenvalue weighted by Gasteiger charge is -2.58. The molecule has 2 aliphatic carbocycles. The number of carbonyl (C=O) groups excluding carboxylic acids is 1. The van der Waals surface area contributed by atoms with E-state index < -0.39 is 36.7 Å². The topological polar surface area (TPSA) is 85.2 Å². The van der Waals surface area contributed by atoms with Crippen LogP contribution in [0.2, 0.25) is 0 Å². The quantitative estimate of drug-likeness (QED) is 0.375. The van der Waals surface area contributed by atoms with E-state index in [1.54, 1.807) is 6.92 Å². The summed E-state index contributed by atoms with van der Waals surface area (Å²) in [6.45, 7) is 17.6. The molecule has 9 unspecified atom stereocenters. The van der Waals surface area contributed by atoms with Gasteiger partial charge in [0.25, 0.3) is 0 Å². The third-order valence-electron chi connectivity index (χ3n) is 9.24. The first-order valence-electron chi connectivity index (χ1n) is 13.3. The van der Waals surface area contributed by atoms with E-state index in [2.05, 4.69) is 34.3 Å². The Balaban J connectivity index is 1.50. The monoisotopic (exact) mass is 480 g/mol. The zero-order valence-corrected chi connectivity index (χ0v) is 22.2. The van der Waals surface area contributed by atoms with Crippen LogP contribution in [0.1, 0.15) is 92.9 Å². The van der Waals surface area contributed by atoms with Gasteiger partial charge < -0.3 is 24.4 Å². The summed E-state index contributed by atoms with van der Waals surface area (Å²) in [4.78, 5) is 11.4. The number of aliphatic hydroxyl groups is 2. The Bertz CT molecular complexity index is 720. The second-order valence-corrected chi connectivity index (χ2v) is 12.3. The summed E-state index contributed by atoms with van der Waals surface area (Å²) < 4.78 is 16.6. The summed E-state index contributed by atoms with van der Waals surface area (Å²) in [6.07, 6.45) is 4.69. The summed E-state index contributed by atoms with van der Waals surface area (Å²) in [7, 11) is 0. The molecule has 3 rings (SSSR count). The largest absolute Gasteiger partial charge is 0.457 e. The molecule has 3 fully saturated rings. The van der Waals surface area contributed by atoms with Gasteiger partial charge in [-0.3, -0.25) is 4.79 Å². The summed E-state index contributed by atoms with van der Waals surface area (Å²) in [5, 5.41) is 20.7. The summed E-state index contributed by atoms with van der Waals surface area (Å²) in [6, 6.07) is 0.